The van der Waals surface area contributed by atoms with Gasteiger partial charge in [0.25, 0.3) is 11.1 Å². The van der Waals surface area contributed by atoms with E-state index in [9.17, 15) is 14.4 Å². The fourth-order valence-electron chi connectivity index (χ4n) is 2.23. The molecule has 0 aliphatic carbocycles. The lowest BCUT2D eigenvalue weighted by atomic mass is 10.1. The van der Waals surface area contributed by atoms with Crippen molar-refractivity contribution in [2.75, 3.05) is 21.3 Å². The van der Waals surface area contributed by atoms with Crippen molar-refractivity contribution in [2.45, 2.75) is 13.0 Å². The number of ether oxygens (including phenoxy) is 3. The van der Waals surface area contributed by atoms with Gasteiger partial charge in [-0.25, -0.2) is 4.79 Å². The summed E-state index contributed by atoms with van der Waals surface area (Å²) in [5.41, 5.74) is 0.589. The second-order valence-corrected chi connectivity index (χ2v) is 6.83. The summed E-state index contributed by atoms with van der Waals surface area (Å²) in [5, 5.41) is -0.527. The fraction of sp³-hybridized carbons (Fsp3) is 0.312. The molecule has 0 spiro atoms. The van der Waals surface area contributed by atoms with E-state index in [1.165, 1.54) is 34.3 Å². The summed E-state index contributed by atoms with van der Waals surface area (Å²) in [6.07, 6.45) is 1.54. The Balaban J connectivity index is 2.40. The molecule has 1 heterocycles. The SMILES string of the molecule is COC(=O)C(C)N1C(=O)SC(=Cc2cc(Br)c(OC)cc2OC)C1=O. The molecule has 7 nitrogen and oxygen atoms in total. The average molecular weight is 430 g/mol. The van der Waals surface area contributed by atoms with Crippen molar-refractivity contribution in [3.8, 4) is 11.5 Å². The largest absolute Gasteiger partial charge is 0.496 e. The molecule has 2 rings (SSSR count). The van der Waals surface area contributed by atoms with Gasteiger partial charge in [-0.15, -0.1) is 0 Å². The average Bonchev–Trinajstić information content (AvgIpc) is 2.87. The van der Waals surface area contributed by atoms with E-state index in [1.54, 1.807) is 12.1 Å². The van der Waals surface area contributed by atoms with E-state index < -0.39 is 23.2 Å². The van der Waals surface area contributed by atoms with Crippen LogP contribution in [0.2, 0.25) is 0 Å². The molecule has 9 heteroatoms. The summed E-state index contributed by atoms with van der Waals surface area (Å²) in [6.45, 7) is 1.44. The van der Waals surface area contributed by atoms with Crippen LogP contribution in [0.25, 0.3) is 6.08 Å². The number of imide groups is 1. The first-order valence-corrected chi connectivity index (χ1v) is 8.71. The summed E-state index contributed by atoms with van der Waals surface area (Å²) in [5.74, 6) is -0.163. The second-order valence-electron chi connectivity index (χ2n) is 4.98. The van der Waals surface area contributed by atoms with Gasteiger partial charge in [-0.05, 0) is 46.8 Å². The first-order valence-electron chi connectivity index (χ1n) is 7.10. The van der Waals surface area contributed by atoms with Crippen LogP contribution in [0.3, 0.4) is 0 Å². The number of amides is 2. The molecule has 1 aromatic rings. The van der Waals surface area contributed by atoms with E-state index in [2.05, 4.69) is 20.7 Å². The van der Waals surface area contributed by atoms with E-state index in [4.69, 9.17) is 9.47 Å². The van der Waals surface area contributed by atoms with E-state index in [-0.39, 0.29) is 4.91 Å². The highest BCUT2D eigenvalue weighted by Crippen LogP contribution is 2.38. The number of nitrogens with zero attached hydrogens (tertiary/aromatic N) is 1. The van der Waals surface area contributed by atoms with E-state index in [1.807, 2.05) is 0 Å². The number of thioether (sulfide) groups is 1. The predicted octanol–water partition coefficient (Wildman–Crippen LogP) is 3.06. The van der Waals surface area contributed by atoms with Crippen molar-refractivity contribution >= 4 is 50.9 Å². The Labute approximate surface area is 157 Å². The maximum atomic E-state index is 12.5. The summed E-state index contributed by atoms with van der Waals surface area (Å²) in [6, 6.07) is 2.39. The van der Waals surface area contributed by atoms with Crippen LogP contribution in [0, 0.1) is 0 Å². The number of rotatable bonds is 5. The Bertz CT molecular complexity index is 763. The van der Waals surface area contributed by atoms with Gasteiger partial charge in [0.05, 0.1) is 30.7 Å². The minimum absolute atomic E-state index is 0.191. The minimum Gasteiger partial charge on any atom is -0.496 e. The second kappa shape index (κ2) is 7.92. The molecule has 2 amide bonds. The topological polar surface area (TPSA) is 82.1 Å². The van der Waals surface area contributed by atoms with Crippen LogP contribution in [0.1, 0.15) is 12.5 Å². The van der Waals surface area contributed by atoms with Gasteiger partial charge in [-0.2, -0.15) is 0 Å². The molecule has 0 saturated carbocycles. The number of esters is 1. The highest BCUT2D eigenvalue weighted by Gasteiger charge is 2.41. The third kappa shape index (κ3) is 3.82. The Morgan fingerprint density at radius 1 is 1.20 bits per heavy atom. The first kappa shape index (κ1) is 19.3. The lowest BCUT2D eigenvalue weighted by Gasteiger charge is -2.18. The Morgan fingerprint density at radius 2 is 1.84 bits per heavy atom. The number of hydrogen-bond acceptors (Lipinski definition) is 7. The molecular formula is C16H16BrNO6S. The normalized spacial score (nSPS) is 17.0. The molecule has 1 unspecified atom stereocenters. The third-order valence-electron chi connectivity index (χ3n) is 3.54. The van der Waals surface area contributed by atoms with Gasteiger partial charge in [0.1, 0.15) is 17.5 Å². The summed E-state index contributed by atoms with van der Waals surface area (Å²) in [4.78, 5) is 37.4. The quantitative estimate of drug-likeness (QED) is 0.525. The lowest BCUT2D eigenvalue weighted by molar-refractivity contribution is -0.148. The summed E-state index contributed by atoms with van der Waals surface area (Å²) >= 11 is 4.13. The zero-order valence-corrected chi connectivity index (χ0v) is 16.4. The van der Waals surface area contributed by atoms with Crippen molar-refractivity contribution in [1.82, 2.24) is 4.90 Å². The van der Waals surface area contributed by atoms with Crippen molar-refractivity contribution in [3.05, 3.63) is 27.1 Å². The van der Waals surface area contributed by atoms with Crippen molar-refractivity contribution in [3.63, 3.8) is 0 Å². The van der Waals surface area contributed by atoms with Gasteiger partial charge < -0.3 is 14.2 Å². The smallest absolute Gasteiger partial charge is 0.328 e. The fourth-order valence-corrected chi connectivity index (χ4v) is 3.65. The van der Waals surface area contributed by atoms with Crippen LogP contribution in [-0.2, 0) is 14.3 Å². The van der Waals surface area contributed by atoms with E-state index in [0.717, 1.165) is 16.7 Å². The minimum atomic E-state index is -0.993. The molecule has 1 aromatic carbocycles. The van der Waals surface area contributed by atoms with Crippen molar-refractivity contribution in [1.29, 1.82) is 0 Å². The Hall–Kier alpha value is -2.00. The summed E-state index contributed by atoms with van der Waals surface area (Å²) < 4.78 is 15.8. The van der Waals surface area contributed by atoms with E-state index in [0.29, 0.717) is 21.5 Å². The van der Waals surface area contributed by atoms with Crippen molar-refractivity contribution < 1.29 is 28.6 Å². The predicted molar refractivity (Wildman–Crippen MR) is 96.5 cm³/mol. The van der Waals surface area contributed by atoms with Crippen molar-refractivity contribution in [2.24, 2.45) is 0 Å². The lowest BCUT2D eigenvalue weighted by Crippen LogP contribution is -2.42. The molecule has 134 valence electrons. The van der Waals surface area contributed by atoms with Crippen LogP contribution in [0.4, 0.5) is 4.79 Å². The molecular weight excluding hydrogens is 414 g/mol. The number of benzene rings is 1. The van der Waals surface area contributed by atoms with Crippen LogP contribution >= 0.6 is 27.7 Å². The zero-order valence-electron chi connectivity index (χ0n) is 14.0. The first-order chi connectivity index (χ1) is 11.8. The highest BCUT2D eigenvalue weighted by atomic mass is 79.9. The number of hydrogen-bond donors (Lipinski definition) is 0. The molecule has 1 atom stereocenters. The molecule has 0 radical (unpaired) electrons. The highest BCUT2D eigenvalue weighted by molar-refractivity contribution is 9.10. The molecule has 1 aliphatic rings. The van der Waals surface area contributed by atoms with Crippen LogP contribution < -0.4 is 9.47 Å². The van der Waals surface area contributed by atoms with Crippen LogP contribution in [0.5, 0.6) is 11.5 Å². The molecule has 0 aromatic heterocycles. The number of carbonyl (C=O) groups is 3. The molecule has 0 bridgehead atoms. The molecule has 25 heavy (non-hydrogen) atoms. The number of methoxy groups -OCH3 is 3. The van der Waals surface area contributed by atoms with Gasteiger partial charge in [0, 0.05) is 11.6 Å². The third-order valence-corrected chi connectivity index (χ3v) is 5.05. The molecule has 1 saturated heterocycles. The molecule has 0 N–H and O–H groups in total. The Kier molecular flexibility index (Phi) is 6.12. The number of carbonyl (C=O) groups excluding carboxylic acids is 3. The van der Waals surface area contributed by atoms with Crippen LogP contribution in [0.15, 0.2) is 21.5 Å². The van der Waals surface area contributed by atoms with Gasteiger partial charge >= 0.3 is 5.97 Å². The van der Waals surface area contributed by atoms with E-state index >= 15 is 0 Å². The molecule has 1 aliphatic heterocycles. The zero-order chi connectivity index (χ0) is 18.7. The monoisotopic (exact) mass is 429 g/mol. The Morgan fingerprint density at radius 3 is 2.40 bits per heavy atom. The van der Waals surface area contributed by atoms with Crippen LogP contribution in [-0.4, -0.2) is 49.4 Å². The van der Waals surface area contributed by atoms with Gasteiger partial charge in [-0.1, -0.05) is 0 Å². The maximum Gasteiger partial charge on any atom is 0.328 e. The number of halogens is 1. The van der Waals surface area contributed by atoms with Gasteiger partial charge in [0.15, 0.2) is 0 Å². The summed E-state index contributed by atoms with van der Waals surface area (Å²) in [7, 11) is 4.22. The van der Waals surface area contributed by atoms with Gasteiger partial charge in [-0.3, -0.25) is 14.5 Å². The van der Waals surface area contributed by atoms with Gasteiger partial charge in [0.2, 0.25) is 0 Å². The molecule has 1 fully saturated rings. The standard InChI is InChI=1S/C16H16BrNO6S/c1-8(15(20)24-4)18-14(19)13(25-16(18)21)6-9-5-10(17)12(23-3)7-11(9)22-2/h5-8H,1-4H3. The maximum absolute atomic E-state index is 12.5.